The van der Waals surface area contributed by atoms with Crippen molar-refractivity contribution in [1.82, 2.24) is 4.98 Å². The van der Waals surface area contributed by atoms with E-state index in [-0.39, 0.29) is 11.3 Å². The first-order valence-corrected chi connectivity index (χ1v) is 5.00. The van der Waals surface area contributed by atoms with Crippen molar-refractivity contribution in [3.8, 4) is 5.75 Å². The van der Waals surface area contributed by atoms with E-state index in [0.29, 0.717) is 11.3 Å². The zero-order valence-corrected chi connectivity index (χ0v) is 9.18. The summed E-state index contributed by atoms with van der Waals surface area (Å²) in [6, 6.07) is 7.25. The quantitative estimate of drug-likeness (QED) is 0.762. The molecule has 0 saturated carbocycles. The van der Waals surface area contributed by atoms with Gasteiger partial charge in [0.25, 0.3) is 0 Å². The summed E-state index contributed by atoms with van der Waals surface area (Å²) >= 11 is 0. The van der Waals surface area contributed by atoms with Crippen LogP contribution in [0.3, 0.4) is 0 Å². The van der Waals surface area contributed by atoms with Gasteiger partial charge in [0.05, 0.1) is 12.7 Å². The predicted octanol–water partition coefficient (Wildman–Crippen LogP) is 2.46. The van der Waals surface area contributed by atoms with Gasteiger partial charge in [-0.2, -0.15) is 0 Å². The Labute approximate surface area is 97.9 Å². The number of pyridine rings is 1. The third-order valence-electron chi connectivity index (χ3n) is 2.36. The molecule has 0 unspecified atom stereocenters. The maximum Gasteiger partial charge on any atom is 0.196 e. The summed E-state index contributed by atoms with van der Waals surface area (Å²) in [7, 11) is 1.44. The first-order valence-electron chi connectivity index (χ1n) is 5.00. The van der Waals surface area contributed by atoms with E-state index < -0.39 is 5.82 Å². The SMILES string of the molecule is COc1ccc(C(=O)c2ccncc2)c(F)c1. The monoisotopic (exact) mass is 231 g/mol. The summed E-state index contributed by atoms with van der Waals surface area (Å²) in [6.07, 6.45) is 2.99. The summed E-state index contributed by atoms with van der Waals surface area (Å²) in [5.74, 6) is -0.576. The predicted molar refractivity (Wildman–Crippen MR) is 60.6 cm³/mol. The van der Waals surface area contributed by atoms with Gasteiger partial charge in [0.2, 0.25) is 0 Å². The van der Waals surface area contributed by atoms with Crippen LogP contribution in [0.2, 0.25) is 0 Å². The molecule has 0 aliphatic carbocycles. The van der Waals surface area contributed by atoms with Crippen LogP contribution in [-0.2, 0) is 0 Å². The highest BCUT2D eigenvalue weighted by atomic mass is 19.1. The molecule has 0 bridgehead atoms. The van der Waals surface area contributed by atoms with Gasteiger partial charge in [-0.25, -0.2) is 4.39 Å². The van der Waals surface area contributed by atoms with Gasteiger partial charge >= 0.3 is 0 Å². The summed E-state index contributed by atoms with van der Waals surface area (Å²) < 4.78 is 18.5. The van der Waals surface area contributed by atoms with E-state index in [0.717, 1.165) is 0 Å². The van der Waals surface area contributed by atoms with Crippen LogP contribution in [0.5, 0.6) is 5.75 Å². The highest BCUT2D eigenvalue weighted by Crippen LogP contribution is 2.18. The van der Waals surface area contributed by atoms with Gasteiger partial charge in [-0.3, -0.25) is 9.78 Å². The molecular weight excluding hydrogens is 221 g/mol. The van der Waals surface area contributed by atoms with Gasteiger partial charge in [0.15, 0.2) is 5.78 Å². The number of hydrogen-bond donors (Lipinski definition) is 0. The second-order valence-electron chi connectivity index (χ2n) is 3.41. The third-order valence-corrected chi connectivity index (χ3v) is 2.36. The molecule has 1 aromatic heterocycles. The molecule has 2 aromatic rings. The topological polar surface area (TPSA) is 39.2 Å². The Bertz CT molecular complexity index is 540. The van der Waals surface area contributed by atoms with E-state index >= 15 is 0 Å². The number of carbonyl (C=O) groups excluding carboxylic acids is 1. The molecule has 0 fully saturated rings. The lowest BCUT2D eigenvalue weighted by Crippen LogP contribution is -2.04. The molecule has 17 heavy (non-hydrogen) atoms. The van der Waals surface area contributed by atoms with Crippen molar-refractivity contribution in [2.24, 2.45) is 0 Å². The number of ether oxygens (including phenoxy) is 1. The van der Waals surface area contributed by atoms with Crippen LogP contribution in [0.4, 0.5) is 4.39 Å². The molecule has 0 radical (unpaired) electrons. The van der Waals surface area contributed by atoms with Gasteiger partial charge in [0.1, 0.15) is 11.6 Å². The molecular formula is C13H10FNO2. The van der Waals surface area contributed by atoms with Crippen molar-refractivity contribution in [2.75, 3.05) is 7.11 Å². The van der Waals surface area contributed by atoms with Crippen molar-refractivity contribution in [3.63, 3.8) is 0 Å². The molecule has 2 rings (SSSR count). The van der Waals surface area contributed by atoms with Crippen LogP contribution in [-0.4, -0.2) is 17.9 Å². The number of hydrogen-bond acceptors (Lipinski definition) is 3. The fourth-order valence-electron chi connectivity index (χ4n) is 1.47. The molecule has 0 aliphatic rings. The summed E-state index contributed by atoms with van der Waals surface area (Å²) in [6.45, 7) is 0. The molecule has 86 valence electrons. The molecule has 3 nitrogen and oxygen atoms in total. The van der Waals surface area contributed by atoms with E-state index in [1.165, 1.54) is 31.6 Å². The molecule has 1 heterocycles. The Balaban J connectivity index is 2.38. The van der Waals surface area contributed by atoms with E-state index in [1.54, 1.807) is 18.2 Å². The first kappa shape index (κ1) is 11.3. The molecule has 0 amide bonds. The Kier molecular flexibility index (Phi) is 3.14. The summed E-state index contributed by atoms with van der Waals surface area (Å²) in [4.78, 5) is 15.8. The number of halogens is 1. The Morgan fingerprint density at radius 1 is 1.24 bits per heavy atom. The maximum absolute atomic E-state index is 13.7. The van der Waals surface area contributed by atoms with Crippen LogP contribution in [0, 0.1) is 5.82 Å². The molecule has 1 aromatic carbocycles. The highest BCUT2D eigenvalue weighted by Gasteiger charge is 2.14. The van der Waals surface area contributed by atoms with Crippen molar-refractivity contribution in [1.29, 1.82) is 0 Å². The fourth-order valence-corrected chi connectivity index (χ4v) is 1.47. The molecule has 0 atom stereocenters. The smallest absolute Gasteiger partial charge is 0.196 e. The largest absolute Gasteiger partial charge is 0.497 e. The number of rotatable bonds is 3. The van der Waals surface area contributed by atoms with Crippen molar-refractivity contribution in [2.45, 2.75) is 0 Å². The van der Waals surface area contributed by atoms with Crippen LogP contribution in [0.1, 0.15) is 15.9 Å². The average Bonchev–Trinajstić information content (AvgIpc) is 2.39. The molecule has 0 spiro atoms. The minimum Gasteiger partial charge on any atom is -0.497 e. The normalized spacial score (nSPS) is 10.0. The minimum absolute atomic E-state index is 0.0250. The molecule has 0 saturated heterocycles. The zero-order valence-electron chi connectivity index (χ0n) is 9.18. The van der Waals surface area contributed by atoms with Crippen molar-refractivity contribution >= 4 is 5.78 Å². The molecule has 0 aliphatic heterocycles. The fraction of sp³-hybridized carbons (Fsp3) is 0.0769. The van der Waals surface area contributed by atoms with Gasteiger partial charge in [-0.05, 0) is 24.3 Å². The minimum atomic E-state index is -0.592. The maximum atomic E-state index is 13.7. The van der Waals surface area contributed by atoms with Crippen LogP contribution >= 0.6 is 0 Å². The van der Waals surface area contributed by atoms with Crippen molar-refractivity contribution in [3.05, 3.63) is 59.7 Å². The average molecular weight is 231 g/mol. The van der Waals surface area contributed by atoms with E-state index in [9.17, 15) is 9.18 Å². The Morgan fingerprint density at radius 2 is 1.94 bits per heavy atom. The van der Waals surface area contributed by atoms with Gasteiger partial charge in [-0.1, -0.05) is 0 Å². The zero-order chi connectivity index (χ0) is 12.3. The van der Waals surface area contributed by atoms with Gasteiger partial charge in [0, 0.05) is 24.0 Å². The number of aromatic nitrogens is 1. The van der Waals surface area contributed by atoms with Crippen molar-refractivity contribution < 1.29 is 13.9 Å². The van der Waals surface area contributed by atoms with Gasteiger partial charge < -0.3 is 4.74 Å². The lowest BCUT2D eigenvalue weighted by Gasteiger charge is -2.04. The van der Waals surface area contributed by atoms with E-state index in [4.69, 9.17) is 4.74 Å². The lowest BCUT2D eigenvalue weighted by molar-refractivity contribution is 0.103. The Hall–Kier alpha value is -2.23. The number of nitrogens with zero attached hydrogens (tertiary/aromatic N) is 1. The summed E-state index contributed by atoms with van der Waals surface area (Å²) in [5.41, 5.74) is 0.432. The second kappa shape index (κ2) is 4.74. The van der Waals surface area contributed by atoms with Crippen LogP contribution < -0.4 is 4.74 Å². The Morgan fingerprint density at radius 3 is 2.53 bits per heavy atom. The standard InChI is InChI=1S/C13H10FNO2/c1-17-10-2-3-11(12(14)8-10)13(16)9-4-6-15-7-5-9/h2-8H,1H3. The first-order chi connectivity index (χ1) is 8.22. The molecule has 4 heteroatoms. The van der Waals surface area contributed by atoms with Crippen LogP contribution in [0.25, 0.3) is 0 Å². The highest BCUT2D eigenvalue weighted by molar-refractivity contribution is 6.09. The van der Waals surface area contributed by atoms with Gasteiger partial charge in [-0.15, -0.1) is 0 Å². The van der Waals surface area contributed by atoms with E-state index in [2.05, 4.69) is 4.98 Å². The third kappa shape index (κ3) is 2.30. The number of carbonyl (C=O) groups is 1. The molecule has 0 N–H and O–H groups in total. The van der Waals surface area contributed by atoms with Crippen LogP contribution in [0.15, 0.2) is 42.7 Å². The lowest BCUT2D eigenvalue weighted by atomic mass is 10.0. The number of benzene rings is 1. The number of ketones is 1. The second-order valence-corrected chi connectivity index (χ2v) is 3.41. The summed E-state index contributed by atoms with van der Waals surface area (Å²) in [5, 5.41) is 0. The number of methoxy groups -OCH3 is 1. The van der Waals surface area contributed by atoms with E-state index in [1.807, 2.05) is 0 Å².